The predicted octanol–water partition coefficient (Wildman–Crippen LogP) is 3.68. The second-order valence-electron chi connectivity index (χ2n) is 14.3. The molecule has 6 aliphatic rings. The zero-order valence-corrected chi connectivity index (χ0v) is 25.2. The summed E-state index contributed by atoms with van der Waals surface area (Å²) in [6.07, 6.45) is 7.14. The fourth-order valence-corrected chi connectivity index (χ4v) is 10.4. The molecule has 9 heteroatoms. The molecule has 9 nitrogen and oxygen atoms in total. The summed E-state index contributed by atoms with van der Waals surface area (Å²) in [7, 11) is 1.62. The highest BCUT2D eigenvalue weighted by molar-refractivity contribution is 5.85. The summed E-state index contributed by atoms with van der Waals surface area (Å²) in [5.41, 5.74) is -0.559. The molecule has 0 aromatic carbocycles. The molecule has 1 unspecified atom stereocenters. The molecule has 1 saturated heterocycles. The van der Waals surface area contributed by atoms with Crippen molar-refractivity contribution in [2.75, 3.05) is 13.7 Å². The van der Waals surface area contributed by atoms with E-state index in [1.165, 1.54) is 6.92 Å². The van der Waals surface area contributed by atoms with Crippen molar-refractivity contribution in [2.24, 2.45) is 34.5 Å². The fraction of sp³-hybridized carbons (Fsp3) is 0.875. The Morgan fingerprint density at radius 1 is 1.07 bits per heavy atom. The molecule has 0 radical (unpaired) electrons. The van der Waals surface area contributed by atoms with Gasteiger partial charge in [0, 0.05) is 44.3 Å². The molecule has 0 bridgehead atoms. The Balaban J connectivity index is 1.19. The van der Waals surface area contributed by atoms with Gasteiger partial charge in [-0.25, -0.2) is 4.79 Å². The van der Waals surface area contributed by atoms with Gasteiger partial charge in [-0.1, -0.05) is 13.8 Å². The first kappa shape index (κ1) is 29.5. The van der Waals surface area contributed by atoms with Gasteiger partial charge < -0.3 is 33.9 Å². The molecule has 2 N–H and O–H groups in total. The number of carbonyl (C=O) groups is 2. The molecule has 0 spiro atoms. The van der Waals surface area contributed by atoms with Crippen LogP contribution in [0.2, 0.25) is 0 Å². The lowest BCUT2D eigenvalue weighted by molar-refractivity contribution is -0.273. The maximum Gasteiger partial charge on any atom is 0.331 e. The number of methoxy groups -OCH3 is 1. The molecule has 0 aromatic heterocycles. The largest absolute Gasteiger partial charge is 0.462 e. The van der Waals surface area contributed by atoms with Crippen LogP contribution in [-0.4, -0.2) is 78.3 Å². The number of aliphatic hydroxyl groups is 2. The Hall–Kier alpha value is -1.52. The molecular formula is C32H48O9. The minimum absolute atomic E-state index is 0.0898. The quantitative estimate of drug-likeness (QED) is 0.373. The van der Waals surface area contributed by atoms with Crippen LogP contribution in [0.15, 0.2) is 11.6 Å². The van der Waals surface area contributed by atoms with Crippen molar-refractivity contribution in [1.82, 2.24) is 0 Å². The molecule has 4 aliphatic carbocycles. The number of fused-ring (bicyclic) bond motifs is 5. The Morgan fingerprint density at radius 3 is 2.54 bits per heavy atom. The summed E-state index contributed by atoms with van der Waals surface area (Å²) >= 11 is 0. The van der Waals surface area contributed by atoms with Crippen LogP contribution in [0.25, 0.3) is 0 Å². The lowest BCUT2D eigenvalue weighted by Gasteiger charge is -2.63. The van der Waals surface area contributed by atoms with Crippen LogP contribution in [0.5, 0.6) is 0 Å². The third-order valence-corrected chi connectivity index (χ3v) is 12.5. The molecule has 2 aliphatic heterocycles. The van der Waals surface area contributed by atoms with Gasteiger partial charge in [0.05, 0.1) is 23.9 Å². The van der Waals surface area contributed by atoms with Crippen LogP contribution in [-0.2, 0) is 33.3 Å². The first-order valence-corrected chi connectivity index (χ1v) is 15.7. The topological polar surface area (TPSA) is 121 Å². The van der Waals surface area contributed by atoms with E-state index in [4.69, 9.17) is 23.7 Å². The average molecular weight is 577 g/mol. The van der Waals surface area contributed by atoms with Gasteiger partial charge in [-0.05, 0) is 80.6 Å². The van der Waals surface area contributed by atoms with Gasteiger partial charge in [0.1, 0.15) is 18.8 Å². The van der Waals surface area contributed by atoms with Crippen LogP contribution >= 0.6 is 0 Å². The molecule has 0 aromatic rings. The SMILES string of the molecule is CO[C@@H]1CC(O[C@H]2CC[C@@]3(C)[C@@H](CC[C@@H]4[C@@H]3CC[C@]3(C)[C@@H](C5=CC(=O)OC5)[C@@H](OC(C)=O)C[C@]43O)C2)O[C@H](C)[C@@H]1O. The van der Waals surface area contributed by atoms with Gasteiger partial charge in [0.2, 0.25) is 0 Å². The van der Waals surface area contributed by atoms with E-state index in [1.807, 2.05) is 6.92 Å². The van der Waals surface area contributed by atoms with Gasteiger partial charge >= 0.3 is 11.9 Å². The van der Waals surface area contributed by atoms with E-state index in [2.05, 4.69) is 13.8 Å². The van der Waals surface area contributed by atoms with Crippen LogP contribution < -0.4 is 0 Å². The molecule has 5 fully saturated rings. The van der Waals surface area contributed by atoms with Crippen LogP contribution in [0.1, 0.15) is 85.5 Å². The van der Waals surface area contributed by atoms with E-state index in [0.29, 0.717) is 24.7 Å². The summed E-state index contributed by atoms with van der Waals surface area (Å²) in [6, 6.07) is 0. The van der Waals surface area contributed by atoms with Gasteiger partial charge in [-0.3, -0.25) is 4.79 Å². The summed E-state index contributed by atoms with van der Waals surface area (Å²) in [6.45, 7) is 8.06. The van der Waals surface area contributed by atoms with Crippen LogP contribution in [0.3, 0.4) is 0 Å². The number of hydrogen-bond acceptors (Lipinski definition) is 9. The van der Waals surface area contributed by atoms with Crippen molar-refractivity contribution >= 4 is 11.9 Å². The number of esters is 2. The van der Waals surface area contributed by atoms with Crippen molar-refractivity contribution in [2.45, 2.75) is 128 Å². The Kier molecular flexibility index (Phi) is 7.62. The van der Waals surface area contributed by atoms with Crippen molar-refractivity contribution < 1.29 is 43.5 Å². The Labute approximate surface area is 243 Å². The second-order valence-corrected chi connectivity index (χ2v) is 14.3. The van der Waals surface area contributed by atoms with E-state index in [-0.39, 0.29) is 60.4 Å². The zero-order valence-electron chi connectivity index (χ0n) is 25.2. The van der Waals surface area contributed by atoms with Crippen molar-refractivity contribution in [1.29, 1.82) is 0 Å². The molecule has 0 amide bonds. The van der Waals surface area contributed by atoms with Crippen LogP contribution in [0.4, 0.5) is 0 Å². The molecule has 41 heavy (non-hydrogen) atoms. The summed E-state index contributed by atoms with van der Waals surface area (Å²) in [5.74, 6) is 0.0175. The van der Waals surface area contributed by atoms with Crippen molar-refractivity contribution in [3.05, 3.63) is 11.6 Å². The highest BCUT2D eigenvalue weighted by Crippen LogP contribution is 2.70. The summed E-state index contributed by atoms with van der Waals surface area (Å²) in [4.78, 5) is 24.2. The second kappa shape index (κ2) is 10.6. The van der Waals surface area contributed by atoms with E-state index < -0.39 is 23.2 Å². The molecule has 4 saturated carbocycles. The van der Waals surface area contributed by atoms with Crippen molar-refractivity contribution in [3.63, 3.8) is 0 Å². The first-order chi connectivity index (χ1) is 19.4. The minimum atomic E-state index is -0.990. The fourth-order valence-electron chi connectivity index (χ4n) is 10.4. The number of ether oxygens (including phenoxy) is 5. The third-order valence-electron chi connectivity index (χ3n) is 12.5. The van der Waals surface area contributed by atoms with Crippen LogP contribution in [0, 0.1) is 34.5 Å². The van der Waals surface area contributed by atoms with Gasteiger partial charge in [-0.15, -0.1) is 0 Å². The molecule has 2 heterocycles. The summed E-state index contributed by atoms with van der Waals surface area (Å²) < 4.78 is 29.1. The lowest BCUT2D eigenvalue weighted by Crippen LogP contribution is -2.62. The monoisotopic (exact) mass is 576 g/mol. The number of aliphatic hydroxyl groups excluding tert-OH is 1. The van der Waals surface area contributed by atoms with E-state index in [1.54, 1.807) is 13.2 Å². The molecule has 13 atom stereocenters. The minimum Gasteiger partial charge on any atom is -0.462 e. The summed E-state index contributed by atoms with van der Waals surface area (Å²) in [5, 5.41) is 23.0. The third kappa shape index (κ3) is 4.69. The zero-order chi connectivity index (χ0) is 29.3. The van der Waals surface area contributed by atoms with Gasteiger partial charge in [-0.2, -0.15) is 0 Å². The highest BCUT2D eigenvalue weighted by atomic mass is 16.7. The Morgan fingerprint density at radius 2 is 1.85 bits per heavy atom. The van der Waals surface area contributed by atoms with E-state index >= 15 is 0 Å². The maximum atomic E-state index is 12.7. The van der Waals surface area contributed by atoms with Gasteiger partial charge in [0.25, 0.3) is 0 Å². The normalized spacial score (nSPS) is 51.2. The lowest BCUT2D eigenvalue weighted by atomic mass is 9.43. The first-order valence-electron chi connectivity index (χ1n) is 15.7. The molecular weight excluding hydrogens is 528 g/mol. The van der Waals surface area contributed by atoms with Crippen molar-refractivity contribution in [3.8, 4) is 0 Å². The average Bonchev–Trinajstić information content (AvgIpc) is 3.42. The molecule has 230 valence electrons. The number of cyclic esters (lactones) is 1. The van der Waals surface area contributed by atoms with Gasteiger partial charge in [0.15, 0.2) is 6.29 Å². The standard InChI is InChI=1S/C32H48O9/c1-17-29(35)24(37-5)14-27(39-17)41-21-8-10-30(3)20(13-21)6-7-23-22(30)9-11-31(4)28(19-12-26(34)38-16-19)25(40-18(2)33)15-32(23,31)36/h12,17,20-25,27-29,35-36H,6-11,13-16H2,1-5H3/t17-,20+,21+,22+,23-,24-,25+,27?,28+,29+,30+,31-,32+/m1/s1. The smallest absolute Gasteiger partial charge is 0.331 e. The van der Waals surface area contributed by atoms with E-state index in [0.717, 1.165) is 50.5 Å². The van der Waals surface area contributed by atoms with E-state index in [9.17, 15) is 19.8 Å². The number of hydrogen-bond donors (Lipinski definition) is 2. The molecule has 6 rings (SSSR count). The Bertz CT molecular complexity index is 1080. The number of carbonyl (C=O) groups excluding carboxylic acids is 2. The highest BCUT2D eigenvalue weighted by Gasteiger charge is 2.71. The predicted molar refractivity (Wildman–Crippen MR) is 147 cm³/mol. The maximum absolute atomic E-state index is 12.7. The number of rotatable bonds is 5.